The lowest BCUT2D eigenvalue weighted by atomic mass is 10.1. The predicted octanol–water partition coefficient (Wildman–Crippen LogP) is 3.66. The monoisotopic (exact) mass is 323 g/mol. The molecule has 6 heteroatoms. The Kier molecular flexibility index (Phi) is 3.77. The van der Waals surface area contributed by atoms with E-state index in [2.05, 4.69) is 16.2 Å². The zero-order valence-corrected chi connectivity index (χ0v) is 13.5. The van der Waals surface area contributed by atoms with Crippen LogP contribution in [0.5, 0.6) is 0 Å². The second-order valence-electron chi connectivity index (χ2n) is 5.25. The van der Waals surface area contributed by atoms with E-state index in [1.54, 1.807) is 6.07 Å². The van der Waals surface area contributed by atoms with Crippen LogP contribution in [0.2, 0.25) is 5.02 Å². The van der Waals surface area contributed by atoms with Crippen LogP contribution in [-0.2, 0) is 0 Å². The number of rotatable bonds is 2. The molecule has 0 bridgehead atoms. The van der Waals surface area contributed by atoms with E-state index in [1.165, 1.54) is 4.68 Å². The maximum Gasteiger partial charge on any atom is 0.156 e. The minimum Gasteiger partial charge on any atom is -0.382 e. The first-order chi connectivity index (χ1) is 11.0. The molecule has 2 aromatic heterocycles. The number of hydrogen-bond donors (Lipinski definition) is 1. The Morgan fingerprint density at radius 2 is 2.00 bits per heavy atom. The second kappa shape index (κ2) is 5.75. The lowest BCUT2D eigenvalue weighted by molar-refractivity contribution is 0.854. The van der Waals surface area contributed by atoms with Crippen molar-refractivity contribution in [1.82, 2.24) is 14.8 Å². The van der Waals surface area contributed by atoms with Crippen LogP contribution >= 0.6 is 11.6 Å². The van der Waals surface area contributed by atoms with Gasteiger partial charge in [0.2, 0.25) is 0 Å². The Balaban J connectivity index is 2.24. The number of hydrogen-bond acceptors (Lipinski definition) is 4. The molecule has 0 aliphatic carbocycles. The van der Waals surface area contributed by atoms with Crippen molar-refractivity contribution in [3.8, 4) is 23.1 Å². The van der Waals surface area contributed by atoms with Gasteiger partial charge in [-0.3, -0.25) is 0 Å². The number of pyridine rings is 1. The number of aromatic nitrogens is 3. The molecule has 0 saturated heterocycles. The van der Waals surface area contributed by atoms with Crippen LogP contribution in [0.1, 0.15) is 16.8 Å². The van der Waals surface area contributed by atoms with Gasteiger partial charge in [-0.2, -0.15) is 15.0 Å². The molecule has 0 radical (unpaired) electrons. The fraction of sp³-hybridized carbons (Fsp3) is 0.118. The highest BCUT2D eigenvalue weighted by molar-refractivity contribution is 6.33. The van der Waals surface area contributed by atoms with Crippen LogP contribution in [0.4, 0.5) is 5.82 Å². The highest BCUT2D eigenvalue weighted by atomic mass is 35.5. The lowest BCUT2D eigenvalue weighted by Gasteiger charge is -2.03. The molecule has 23 heavy (non-hydrogen) atoms. The van der Waals surface area contributed by atoms with Gasteiger partial charge in [0.25, 0.3) is 0 Å². The third-order valence-corrected chi connectivity index (χ3v) is 3.82. The topological polar surface area (TPSA) is 80.5 Å². The van der Waals surface area contributed by atoms with Gasteiger partial charge in [0.15, 0.2) is 5.82 Å². The number of aryl methyl sites for hydroxylation is 2. The molecule has 0 spiro atoms. The van der Waals surface area contributed by atoms with Crippen LogP contribution in [-0.4, -0.2) is 14.8 Å². The SMILES string of the molecule is Cc1ccc(-c2nn(-c3cccc(C)n3)c(N)c2C#N)c(Cl)c1. The summed E-state index contributed by atoms with van der Waals surface area (Å²) in [7, 11) is 0. The van der Waals surface area contributed by atoms with Gasteiger partial charge in [-0.25, -0.2) is 4.98 Å². The summed E-state index contributed by atoms with van der Waals surface area (Å²) in [4.78, 5) is 4.40. The van der Waals surface area contributed by atoms with Crippen LogP contribution in [0.3, 0.4) is 0 Å². The van der Waals surface area contributed by atoms with Crippen molar-refractivity contribution in [1.29, 1.82) is 5.26 Å². The molecule has 1 aromatic carbocycles. The van der Waals surface area contributed by atoms with Gasteiger partial charge < -0.3 is 5.73 Å². The van der Waals surface area contributed by atoms with E-state index in [1.807, 2.05) is 44.2 Å². The average molecular weight is 324 g/mol. The number of nitrogens with zero attached hydrogens (tertiary/aromatic N) is 4. The Bertz CT molecular complexity index is 937. The predicted molar refractivity (Wildman–Crippen MR) is 90.4 cm³/mol. The standard InChI is InChI=1S/C17H14ClN5/c1-10-6-7-12(14(18)8-10)16-13(9-19)17(20)23(22-16)15-5-3-4-11(2)21-15/h3-8H,20H2,1-2H3. The van der Waals surface area contributed by atoms with E-state index >= 15 is 0 Å². The molecule has 3 aromatic rings. The number of nitrogens with two attached hydrogens (primary N) is 1. The van der Waals surface area contributed by atoms with Gasteiger partial charge in [0, 0.05) is 11.3 Å². The van der Waals surface area contributed by atoms with Gasteiger partial charge in [-0.1, -0.05) is 29.8 Å². The summed E-state index contributed by atoms with van der Waals surface area (Å²) in [6.45, 7) is 3.83. The average Bonchev–Trinajstić information content (AvgIpc) is 2.84. The molecule has 2 heterocycles. The fourth-order valence-corrected chi connectivity index (χ4v) is 2.69. The first kappa shape index (κ1) is 15.1. The van der Waals surface area contributed by atoms with Gasteiger partial charge in [0.1, 0.15) is 23.1 Å². The van der Waals surface area contributed by atoms with Crippen LogP contribution in [0.15, 0.2) is 36.4 Å². The zero-order chi connectivity index (χ0) is 16.6. The highest BCUT2D eigenvalue weighted by Crippen LogP contribution is 2.33. The molecule has 0 amide bonds. The molecule has 2 N–H and O–H groups in total. The maximum atomic E-state index is 9.47. The van der Waals surface area contributed by atoms with Crippen molar-refractivity contribution >= 4 is 17.4 Å². The molecule has 0 fully saturated rings. The van der Waals surface area contributed by atoms with Crippen LogP contribution in [0, 0.1) is 25.2 Å². The Morgan fingerprint density at radius 3 is 2.65 bits per heavy atom. The largest absolute Gasteiger partial charge is 0.382 e. The summed E-state index contributed by atoms with van der Waals surface area (Å²) in [5, 5.41) is 14.5. The summed E-state index contributed by atoms with van der Waals surface area (Å²) < 4.78 is 1.47. The normalized spacial score (nSPS) is 10.5. The third kappa shape index (κ3) is 2.65. The molecule has 114 valence electrons. The van der Waals surface area contributed by atoms with Crippen molar-refractivity contribution in [2.45, 2.75) is 13.8 Å². The summed E-state index contributed by atoms with van der Waals surface area (Å²) >= 11 is 6.31. The summed E-state index contributed by atoms with van der Waals surface area (Å²) in [6.07, 6.45) is 0. The second-order valence-corrected chi connectivity index (χ2v) is 5.66. The minimum absolute atomic E-state index is 0.247. The number of nitriles is 1. The molecule has 0 atom stereocenters. The van der Waals surface area contributed by atoms with E-state index in [9.17, 15) is 5.26 Å². The zero-order valence-electron chi connectivity index (χ0n) is 12.7. The van der Waals surface area contributed by atoms with E-state index in [0.29, 0.717) is 27.7 Å². The number of nitrogen functional groups attached to an aromatic ring is 1. The minimum atomic E-state index is 0.247. The molecular formula is C17H14ClN5. The quantitative estimate of drug-likeness (QED) is 0.780. The molecule has 0 saturated carbocycles. The van der Waals surface area contributed by atoms with Gasteiger partial charge in [-0.15, -0.1) is 0 Å². The van der Waals surface area contributed by atoms with E-state index in [4.69, 9.17) is 17.3 Å². The highest BCUT2D eigenvalue weighted by Gasteiger charge is 2.20. The van der Waals surface area contributed by atoms with Gasteiger partial charge in [-0.05, 0) is 37.6 Å². The molecule has 3 rings (SSSR count). The number of anilines is 1. The lowest BCUT2D eigenvalue weighted by Crippen LogP contribution is -2.05. The maximum absolute atomic E-state index is 9.47. The summed E-state index contributed by atoms with van der Waals surface area (Å²) in [5.74, 6) is 0.811. The fourth-order valence-electron chi connectivity index (χ4n) is 2.36. The Labute approximate surface area is 139 Å². The molecule has 0 unspecified atom stereocenters. The first-order valence-electron chi connectivity index (χ1n) is 7.00. The summed E-state index contributed by atoms with van der Waals surface area (Å²) in [5.41, 5.74) is 9.40. The first-order valence-corrected chi connectivity index (χ1v) is 7.38. The molecule has 5 nitrogen and oxygen atoms in total. The van der Waals surface area contributed by atoms with Crippen molar-refractivity contribution in [2.24, 2.45) is 0 Å². The van der Waals surface area contributed by atoms with Gasteiger partial charge in [0.05, 0.1) is 5.02 Å². The Hall–Kier alpha value is -2.84. The van der Waals surface area contributed by atoms with Gasteiger partial charge >= 0.3 is 0 Å². The summed E-state index contributed by atoms with van der Waals surface area (Å²) in [6, 6.07) is 13.2. The van der Waals surface area contributed by atoms with Crippen molar-refractivity contribution in [3.05, 3.63) is 58.2 Å². The number of benzene rings is 1. The number of halogens is 1. The van der Waals surface area contributed by atoms with E-state index in [0.717, 1.165) is 11.3 Å². The van der Waals surface area contributed by atoms with E-state index in [-0.39, 0.29) is 5.82 Å². The van der Waals surface area contributed by atoms with E-state index < -0.39 is 0 Å². The van der Waals surface area contributed by atoms with Crippen LogP contribution in [0.25, 0.3) is 17.1 Å². The molecule has 0 aliphatic heterocycles. The Morgan fingerprint density at radius 1 is 1.22 bits per heavy atom. The third-order valence-electron chi connectivity index (χ3n) is 3.50. The van der Waals surface area contributed by atoms with Crippen LogP contribution < -0.4 is 5.73 Å². The molecule has 0 aliphatic rings. The smallest absolute Gasteiger partial charge is 0.156 e. The van der Waals surface area contributed by atoms with Crippen molar-refractivity contribution < 1.29 is 0 Å². The van der Waals surface area contributed by atoms with Crippen molar-refractivity contribution in [2.75, 3.05) is 5.73 Å². The van der Waals surface area contributed by atoms with Crippen molar-refractivity contribution in [3.63, 3.8) is 0 Å². The molecular weight excluding hydrogens is 310 g/mol.